The first-order valence-electron chi connectivity index (χ1n) is 8.07. The number of amides is 3. The van der Waals surface area contributed by atoms with Gasteiger partial charge in [-0.2, -0.15) is 0 Å². The van der Waals surface area contributed by atoms with Gasteiger partial charge in [0, 0.05) is 36.3 Å². The molecule has 5 nitrogen and oxygen atoms in total. The van der Waals surface area contributed by atoms with Crippen molar-refractivity contribution >= 4 is 29.2 Å². The Morgan fingerprint density at radius 3 is 2.70 bits per heavy atom. The Labute approximate surface area is 141 Å². The number of rotatable bonds is 2. The van der Waals surface area contributed by atoms with Crippen LogP contribution < -0.4 is 10.6 Å². The van der Waals surface area contributed by atoms with Crippen molar-refractivity contribution in [2.75, 3.05) is 25.5 Å². The highest BCUT2D eigenvalue weighted by atomic mass is 35.5. The molecule has 1 aliphatic carbocycles. The second-order valence-electron chi connectivity index (χ2n) is 6.56. The topological polar surface area (TPSA) is 61.4 Å². The van der Waals surface area contributed by atoms with Gasteiger partial charge in [0.2, 0.25) is 5.91 Å². The van der Waals surface area contributed by atoms with Crippen LogP contribution in [0.3, 0.4) is 0 Å². The summed E-state index contributed by atoms with van der Waals surface area (Å²) in [5.74, 6) is -0.0648. The van der Waals surface area contributed by atoms with Crippen molar-refractivity contribution in [2.24, 2.45) is 11.3 Å². The van der Waals surface area contributed by atoms with Crippen molar-refractivity contribution in [3.8, 4) is 0 Å². The molecule has 0 unspecified atom stereocenters. The van der Waals surface area contributed by atoms with Crippen molar-refractivity contribution in [1.29, 1.82) is 0 Å². The maximum Gasteiger partial charge on any atom is 0.321 e. The van der Waals surface area contributed by atoms with E-state index in [2.05, 4.69) is 10.6 Å². The summed E-state index contributed by atoms with van der Waals surface area (Å²) >= 11 is 5.95. The lowest BCUT2D eigenvalue weighted by Crippen LogP contribution is -2.38. The molecule has 0 radical (unpaired) electrons. The average Bonchev–Trinajstić information content (AvgIpc) is 3.15. The molecule has 23 heavy (non-hydrogen) atoms. The zero-order valence-corrected chi connectivity index (χ0v) is 14.0. The molecular weight excluding hydrogens is 314 g/mol. The minimum Gasteiger partial charge on any atom is -0.359 e. The third-order valence-corrected chi connectivity index (χ3v) is 5.41. The number of hydrogen-bond donors (Lipinski definition) is 2. The SMILES string of the molecule is CNC(=O)[C@@H]1CN(C(=O)Nc2cccc(Cl)c2)CC12CCCC2. The number of halogens is 1. The number of likely N-dealkylation sites (tertiary alicyclic amines) is 1. The molecule has 2 fully saturated rings. The molecule has 6 heteroatoms. The van der Waals surface area contributed by atoms with Gasteiger partial charge >= 0.3 is 6.03 Å². The van der Waals surface area contributed by atoms with Crippen LogP contribution in [-0.2, 0) is 4.79 Å². The van der Waals surface area contributed by atoms with Gasteiger partial charge in [-0.25, -0.2) is 4.79 Å². The zero-order valence-electron chi connectivity index (χ0n) is 13.3. The van der Waals surface area contributed by atoms with Gasteiger partial charge in [0.15, 0.2) is 0 Å². The van der Waals surface area contributed by atoms with E-state index in [0.717, 1.165) is 25.7 Å². The fraction of sp³-hybridized carbons (Fsp3) is 0.529. The average molecular weight is 336 g/mol. The van der Waals surface area contributed by atoms with E-state index in [0.29, 0.717) is 23.8 Å². The Morgan fingerprint density at radius 1 is 1.30 bits per heavy atom. The van der Waals surface area contributed by atoms with Gasteiger partial charge in [-0.15, -0.1) is 0 Å². The molecule has 3 rings (SSSR count). The quantitative estimate of drug-likeness (QED) is 0.872. The molecule has 2 N–H and O–H groups in total. The monoisotopic (exact) mass is 335 g/mol. The normalized spacial score (nSPS) is 22.3. The molecule has 124 valence electrons. The maximum absolute atomic E-state index is 12.6. The molecule has 1 heterocycles. The highest BCUT2D eigenvalue weighted by Crippen LogP contribution is 2.49. The van der Waals surface area contributed by atoms with Gasteiger partial charge in [0.25, 0.3) is 0 Å². The predicted octanol–water partition coefficient (Wildman–Crippen LogP) is 3.11. The fourth-order valence-corrected chi connectivity index (χ4v) is 4.20. The van der Waals surface area contributed by atoms with Crippen molar-refractivity contribution in [3.05, 3.63) is 29.3 Å². The fourth-order valence-electron chi connectivity index (χ4n) is 4.01. The summed E-state index contributed by atoms with van der Waals surface area (Å²) in [6, 6.07) is 6.93. The second-order valence-corrected chi connectivity index (χ2v) is 6.99. The van der Waals surface area contributed by atoms with Crippen LogP contribution in [0.15, 0.2) is 24.3 Å². The summed E-state index contributed by atoms with van der Waals surface area (Å²) in [6.45, 7) is 1.13. The predicted molar refractivity (Wildman–Crippen MR) is 90.5 cm³/mol. The Hall–Kier alpha value is -1.75. The summed E-state index contributed by atoms with van der Waals surface area (Å²) in [5.41, 5.74) is 0.623. The van der Waals surface area contributed by atoms with Crippen LogP contribution in [0, 0.1) is 11.3 Å². The van der Waals surface area contributed by atoms with E-state index in [1.807, 2.05) is 0 Å². The minimum absolute atomic E-state index is 0.0463. The van der Waals surface area contributed by atoms with Crippen LogP contribution in [0.4, 0.5) is 10.5 Å². The first-order chi connectivity index (χ1) is 11.0. The number of nitrogens with one attached hydrogen (secondary N) is 2. The number of hydrogen-bond acceptors (Lipinski definition) is 2. The molecule has 3 amide bonds. The van der Waals surface area contributed by atoms with E-state index in [1.165, 1.54) is 0 Å². The minimum atomic E-state index is -0.162. The highest BCUT2D eigenvalue weighted by Gasteiger charge is 2.52. The molecule has 1 atom stereocenters. The molecule has 0 bridgehead atoms. The van der Waals surface area contributed by atoms with E-state index in [9.17, 15) is 9.59 Å². The molecular formula is C17H22ClN3O2. The summed E-state index contributed by atoms with van der Waals surface area (Å²) in [4.78, 5) is 26.6. The van der Waals surface area contributed by atoms with E-state index >= 15 is 0 Å². The molecule has 1 aromatic rings. The molecule has 1 saturated heterocycles. The summed E-state index contributed by atoms with van der Waals surface area (Å²) < 4.78 is 0. The summed E-state index contributed by atoms with van der Waals surface area (Å²) in [6.07, 6.45) is 4.31. The molecule has 1 aliphatic heterocycles. The number of nitrogens with zero attached hydrogens (tertiary/aromatic N) is 1. The summed E-state index contributed by atoms with van der Waals surface area (Å²) in [7, 11) is 1.67. The lowest BCUT2D eigenvalue weighted by atomic mass is 9.76. The number of urea groups is 1. The Bertz CT molecular complexity index is 614. The van der Waals surface area contributed by atoms with E-state index in [1.54, 1.807) is 36.2 Å². The molecule has 2 aliphatic rings. The smallest absolute Gasteiger partial charge is 0.321 e. The first kappa shape index (κ1) is 16.1. The number of carbonyl (C=O) groups is 2. The van der Waals surface area contributed by atoms with Crippen molar-refractivity contribution in [2.45, 2.75) is 25.7 Å². The van der Waals surface area contributed by atoms with Gasteiger partial charge in [-0.05, 0) is 31.0 Å². The van der Waals surface area contributed by atoms with Gasteiger partial charge in [-0.3, -0.25) is 4.79 Å². The Morgan fingerprint density at radius 2 is 2.04 bits per heavy atom. The van der Waals surface area contributed by atoms with E-state index in [-0.39, 0.29) is 23.3 Å². The van der Waals surface area contributed by atoms with E-state index < -0.39 is 0 Å². The molecule has 1 spiro atoms. The lowest BCUT2D eigenvalue weighted by Gasteiger charge is -2.28. The highest BCUT2D eigenvalue weighted by molar-refractivity contribution is 6.30. The van der Waals surface area contributed by atoms with Crippen molar-refractivity contribution < 1.29 is 9.59 Å². The zero-order chi connectivity index (χ0) is 16.4. The number of benzene rings is 1. The lowest BCUT2D eigenvalue weighted by molar-refractivity contribution is -0.127. The Kier molecular flexibility index (Phi) is 4.48. The third-order valence-electron chi connectivity index (χ3n) is 5.17. The number of carbonyl (C=O) groups excluding carboxylic acids is 2. The maximum atomic E-state index is 12.6. The van der Waals surface area contributed by atoms with Crippen molar-refractivity contribution in [3.63, 3.8) is 0 Å². The molecule has 1 aromatic carbocycles. The van der Waals surface area contributed by atoms with Crippen LogP contribution >= 0.6 is 11.6 Å². The second kappa shape index (κ2) is 6.40. The van der Waals surface area contributed by atoms with Crippen LogP contribution in [0.1, 0.15) is 25.7 Å². The number of anilines is 1. The standard InChI is InChI=1S/C17H22ClN3O2/c1-19-15(22)14-10-21(11-17(14)7-2-3-8-17)16(23)20-13-6-4-5-12(18)9-13/h4-6,9,14H,2-3,7-8,10-11H2,1H3,(H,19,22)(H,20,23)/t14-/m0/s1. The van der Waals surface area contributed by atoms with Crippen LogP contribution in [0.2, 0.25) is 5.02 Å². The third kappa shape index (κ3) is 3.15. The van der Waals surface area contributed by atoms with Crippen LogP contribution in [-0.4, -0.2) is 37.0 Å². The molecule has 0 aromatic heterocycles. The van der Waals surface area contributed by atoms with Crippen LogP contribution in [0.5, 0.6) is 0 Å². The summed E-state index contributed by atoms with van der Waals surface area (Å²) in [5, 5.41) is 6.22. The van der Waals surface area contributed by atoms with Gasteiger partial charge in [0.05, 0.1) is 5.92 Å². The van der Waals surface area contributed by atoms with Gasteiger partial charge in [0.1, 0.15) is 0 Å². The first-order valence-corrected chi connectivity index (χ1v) is 8.45. The molecule has 1 saturated carbocycles. The van der Waals surface area contributed by atoms with Gasteiger partial charge in [-0.1, -0.05) is 30.5 Å². The van der Waals surface area contributed by atoms with Crippen molar-refractivity contribution in [1.82, 2.24) is 10.2 Å². The largest absolute Gasteiger partial charge is 0.359 e. The Balaban J connectivity index is 1.73. The van der Waals surface area contributed by atoms with Gasteiger partial charge < -0.3 is 15.5 Å². The van der Waals surface area contributed by atoms with Crippen LogP contribution in [0.25, 0.3) is 0 Å². The van der Waals surface area contributed by atoms with E-state index in [4.69, 9.17) is 11.6 Å².